The summed E-state index contributed by atoms with van der Waals surface area (Å²) in [5, 5.41) is 2.83. The largest absolute Gasteiger partial charge is 0.356 e. The van der Waals surface area contributed by atoms with Crippen LogP contribution < -0.4 is 5.32 Å². The first kappa shape index (κ1) is 11.8. The van der Waals surface area contributed by atoms with Crippen LogP contribution >= 0.6 is 11.6 Å². The maximum Gasteiger partial charge on any atom is 0.220 e. The van der Waals surface area contributed by atoms with Crippen LogP contribution in [0.5, 0.6) is 0 Å². The summed E-state index contributed by atoms with van der Waals surface area (Å²) in [7, 11) is 0. The lowest BCUT2D eigenvalue weighted by Crippen LogP contribution is -2.26. The zero-order valence-corrected chi connectivity index (χ0v) is 8.66. The minimum absolute atomic E-state index is 0.148. The quantitative estimate of drug-likeness (QED) is 0.506. The molecule has 0 rings (SSSR count). The van der Waals surface area contributed by atoms with E-state index in [-0.39, 0.29) is 5.91 Å². The van der Waals surface area contributed by atoms with Crippen LogP contribution in [0.25, 0.3) is 0 Å². The van der Waals surface area contributed by atoms with Gasteiger partial charge in [0, 0.05) is 18.8 Å². The molecule has 0 bridgehead atoms. The van der Waals surface area contributed by atoms with Gasteiger partial charge < -0.3 is 5.32 Å². The highest BCUT2D eigenvalue weighted by Crippen LogP contribution is 2.05. The van der Waals surface area contributed by atoms with Crippen LogP contribution in [0.1, 0.15) is 33.1 Å². The topological polar surface area (TPSA) is 29.1 Å². The summed E-state index contributed by atoms with van der Waals surface area (Å²) in [6.07, 6.45) is 2.55. The molecule has 0 fully saturated rings. The van der Waals surface area contributed by atoms with Crippen molar-refractivity contribution < 1.29 is 4.79 Å². The Balaban J connectivity index is 3.33. The second-order valence-corrected chi connectivity index (χ2v) is 3.49. The van der Waals surface area contributed by atoms with Crippen molar-refractivity contribution in [2.75, 3.05) is 12.4 Å². The lowest BCUT2D eigenvalue weighted by atomic mass is 10.1. The fourth-order valence-electron chi connectivity index (χ4n) is 0.828. The third-order valence-electron chi connectivity index (χ3n) is 1.86. The Morgan fingerprint density at radius 1 is 1.58 bits per heavy atom. The van der Waals surface area contributed by atoms with Crippen LogP contribution in [-0.2, 0) is 4.79 Å². The maximum atomic E-state index is 11.1. The number of carbonyl (C=O) groups excluding carboxylic acids is 1. The van der Waals surface area contributed by atoms with Crippen molar-refractivity contribution in [1.82, 2.24) is 5.32 Å². The Labute approximate surface area is 79.7 Å². The van der Waals surface area contributed by atoms with Gasteiger partial charge in [-0.3, -0.25) is 4.79 Å². The van der Waals surface area contributed by atoms with Gasteiger partial charge in [0.1, 0.15) is 0 Å². The van der Waals surface area contributed by atoms with Crippen molar-refractivity contribution in [2.45, 2.75) is 33.1 Å². The van der Waals surface area contributed by atoms with E-state index in [4.69, 9.17) is 11.6 Å². The van der Waals surface area contributed by atoms with Crippen LogP contribution in [0.15, 0.2) is 0 Å². The Bertz CT molecular complexity index is 128. The van der Waals surface area contributed by atoms with Crippen LogP contribution in [-0.4, -0.2) is 18.3 Å². The predicted octanol–water partition coefficient (Wildman–Crippen LogP) is 2.17. The van der Waals surface area contributed by atoms with E-state index in [1.54, 1.807) is 0 Å². The van der Waals surface area contributed by atoms with Crippen molar-refractivity contribution in [2.24, 2.45) is 5.92 Å². The lowest BCUT2D eigenvalue weighted by Gasteiger charge is -2.08. The molecule has 2 nitrogen and oxygen atoms in total. The average molecular weight is 192 g/mol. The van der Waals surface area contributed by atoms with Crippen LogP contribution in [0.3, 0.4) is 0 Å². The van der Waals surface area contributed by atoms with E-state index in [9.17, 15) is 4.79 Å². The standard InChI is InChI=1S/C9H18ClNO/c1-3-8(2)7-9(12)11-6-4-5-10/h8H,3-7H2,1-2H3,(H,11,12). The Morgan fingerprint density at radius 2 is 2.25 bits per heavy atom. The van der Waals surface area contributed by atoms with E-state index in [0.29, 0.717) is 24.8 Å². The fraction of sp³-hybridized carbons (Fsp3) is 0.889. The molecule has 0 heterocycles. The number of nitrogens with one attached hydrogen (secondary N) is 1. The molecule has 1 N–H and O–H groups in total. The van der Waals surface area contributed by atoms with Crippen LogP contribution in [0.4, 0.5) is 0 Å². The lowest BCUT2D eigenvalue weighted by molar-refractivity contribution is -0.121. The highest BCUT2D eigenvalue weighted by Gasteiger charge is 2.05. The third-order valence-corrected chi connectivity index (χ3v) is 2.13. The minimum atomic E-state index is 0.148. The monoisotopic (exact) mass is 191 g/mol. The fourth-order valence-corrected chi connectivity index (χ4v) is 0.961. The van der Waals surface area contributed by atoms with Gasteiger partial charge in [-0.05, 0) is 12.3 Å². The van der Waals surface area contributed by atoms with Crippen molar-refractivity contribution >= 4 is 17.5 Å². The van der Waals surface area contributed by atoms with Gasteiger partial charge in [-0.2, -0.15) is 0 Å². The van der Waals surface area contributed by atoms with Gasteiger partial charge in [-0.25, -0.2) is 0 Å². The molecular formula is C9H18ClNO. The number of rotatable bonds is 6. The predicted molar refractivity (Wildman–Crippen MR) is 52.4 cm³/mol. The van der Waals surface area contributed by atoms with Gasteiger partial charge in [0.15, 0.2) is 0 Å². The Morgan fingerprint density at radius 3 is 2.75 bits per heavy atom. The number of amides is 1. The van der Waals surface area contributed by atoms with Gasteiger partial charge in [0.25, 0.3) is 0 Å². The van der Waals surface area contributed by atoms with E-state index < -0.39 is 0 Å². The SMILES string of the molecule is CCC(C)CC(=O)NCCCCl. The first-order valence-corrected chi connectivity index (χ1v) is 5.06. The number of alkyl halides is 1. The molecule has 0 aromatic carbocycles. The average Bonchev–Trinajstić information content (AvgIpc) is 2.05. The number of hydrogen-bond acceptors (Lipinski definition) is 1. The number of hydrogen-bond donors (Lipinski definition) is 1. The van der Waals surface area contributed by atoms with Gasteiger partial charge in [0.05, 0.1) is 0 Å². The third kappa shape index (κ3) is 6.47. The van der Waals surface area contributed by atoms with E-state index >= 15 is 0 Å². The minimum Gasteiger partial charge on any atom is -0.356 e. The van der Waals surface area contributed by atoms with E-state index in [1.807, 2.05) is 0 Å². The molecule has 0 saturated carbocycles. The van der Waals surface area contributed by atoms with Gasteiger partial charge in [-0.1, -0.05) is 20.3 Å². The summed E-state index contributed by atoms with van der Waals surface area (Å²) in [4.78, 5) is 11.1. The summed E-state index contributed by atoms with van der Waals surface area (Å²) in [6.45, 7) is 4.89. The molecule has 12 heavy (non-hydrogen) atoms. The zero-order valence-electron chi connectivity index (χ0n) is 7.90. The van der Waals surface area contributed by atoms with Crippen molar-refractivity contribution in [3.05, 3.63) is 0 Å². The molecule has 1 unspecified atom stereocenters. The van der Waals surface area contributed by atoms with Crippen molar-refractivity contribution in [3.8, 4) is 0 Å². The summed E-state index contributed by atoms with van der Waals surface area (Å²) in [5.41, 5.74) is 0. The molecule has 1 atom stereocenters. The molecule has 72 valence electrons. The molecule has 0 saturated heterocycles. The van der Waals surface area contributed by atoms with E-state index in [0.717, 1.165) is 12.8 Å². The van der Waals surface area contributed by atoms with Gasteiger partial charge >= 0.3 is 0 Å². The molecule has 0 radical (unpaired) electrons. The van der Waals surface area contributed by atoms with Crippen LogP contribution in [0, 0.1) is 5.92 Å². The molecule has 0 aromatic heterocycles. The van der Waals surface area contributed by atoms with E-state index in [1.165, 1.54) is 0 Å². The smallest absolute Gasteiger partial charge is 0.220 e. The molecule has 0 spiro atoms. The van der Waals surface area contributed by atoms with Crippen molar-refractivity contribution in [1.29, 1.82) is 0 Å². The maximum absolute atomic E-state index is 11.1. The molecule has 0 aromatic rings. The van der Waals surface area contributed by atoms with Gasteiger partial charge in [-0.15, -0.1) is 11.6 Å². The second-order valence-electron chi connectivity index (χ2n) is 3.11. The van der Waals surface area contributed by atoms with Crippen molar-refractivity contribution in [3.63, 3.8) is 0 Å². The highest BCUT2D eigenvalue weighted by atomic mass is 35.5. The van der Waals surface area contributed by atoms with E-state index in [2.05, 4.69) is 19.2 Å². The summed E-state index contributed by atoms with van der Waals surface area (Å²) >= 11 is 5.47. The first-order valence-electron chi connectivity index (χ1n) is 4.53. The Kier molecular flexibility index (Phi) is 7.26. The van der Waals surface area contributed by atoms with Crippen LogP contribution in [0.2, 0.25) is 0 Å². The summed E-state index contributed by atoms with van der Waals surface area (Å²) in [6, 6.07) is 0. The van der Waals surface area contributed by atoms with Gasteiger partial charge in [0.2, 0.25) is 5.91 Å². The normalized spacial score (nSPS) is 12.6. The zero-order chi connectivity index (χ0) is 9.40. The molecule has 0 aliphatic rings. The summed E-state index contributed by atoms with van der Waals surface area (Å²) in [5.74, 6) is 1.25. The molecule has 0 aliphatic heterocycles. The molecular weight excluding hydrogens is 174 g/mol. The molecule has 1 amide bonds. The first-order chi connectivity index (χ1) is 5.70. The summed E-state index contributed by atoms with van der Waals surface area (Å²) < 4.78 is 0. The number of carbonyl (C=O) groups is 1. The second kappa shape index (κ2) is 7.41. The highest BCUT2D eigenvalue weighted by molar-refractivity contribution is 6.17. The number of halogens is 1. The Hall–Kier alpha value is -0.240. The molecule has 0 aliphatic carbocycles. The molecule has 3 heteroatoms.